The highest BCUT2D eigenvalue weighted by Crippen LogP contribution is 2.28. The lowest BCUT2D eigenvalue weighted by molar-refractivity contribution is -0.383. The quantitative estimate of drug-likeness (QED) is 0.334. The lowest BCUT2D eigenvalue weighted by Crippen LogP contribution is -2.14. The number of hydrogen-bond donors (Lipinski definition) is 1. The number of nitrogens with zero attached hydrogens (tertiary/aromatic N) is 2. The van der Waals surface area contributed by atoms with Crippen molar-refractivity contribution in [1.29, 1.82) is 0 Å². The summed E-state index contributed by atoms with van der Waals surface area (Å²) < 4.78 is 5.49. The van der Waals surface area contributed by atoms with E-state index in [0.29, 0.717) is 28.8 Å². The number of fused-ring (bicyclic) bond motifs is 1. The van der Waals surface area contributed by atoms with E-state index in [0.717, 1.165) is 11.3 Å². The van der Waals surface area contributed by atoms with Gasteiger partial charge in [0.05, 0.1) is 28.3 Å². The molecule has 0 radical (unpaired) electrons. The largest absolute Gasteiger partial charge is 0.494 e. The Balaban J connectivity index is 1.76. The summed E-state index contributed by atoms with van der Waals surface area (Å²) >= 11 is 0. The van der Waals surface area contributed by atoms with Gasteiger partial charge in [0.1, 0.15) is 11.4 Å². The monoisotopic (exact) mass is 413 g/mol. The highest BCUT2D eigenvalue weighted by molar-refractivity contribution is 6.13. The maximum Gasteiger partial charge on any atom is 0.292 e. The Labute approximate surface area is 178 Å². The molecule has 1 N–H and O–H groups in total. The van der Waals surface area contributed by atoms with E-state index in [1.54, 1.807) is 24.3 Å². The van der Waals surface area contributed by atoms with Gasteiger partial charge in [-0.2, -0.15) is 0 Å². The topological polar surface area (TPSA) is 94.4 Å². The number of nitro benzene ring substituents is 1. The first-order valence-corrected chi connectivity index (χ1v) is 9.74. The molecule has 0 saturated carbocycles. The Morgan fingerprint density at radius 1 is 1.03 bits per heavy atom. The Kier molecular flexibility index (Phi) is 5.57. The van der Waals surface area contributed by atoms with Crippen LogP contribution in [-0.4, -0.2) is 22.4 Å². The first-order valence-electron chi connectivity index (χ1n) is 9.74. The van der Waals surface area contributed by atoms with Crippen LogP contribution in [0.4, 0.5) is 11.4 Å². The van der Waals surface area contributed by atoms with Gasteiger partial charge in [0.25, 0.3) is 11.6 Å². The molecule has 0 saturated heterocycles. The molecule has 4 rings (SSSR count). The van der Waals surface area contributed by atoms with E-state index in [2.05, 4.69) is 10.3 Å². The van der Waals surface area contributed by atoms with Gasteiger partial charge in [-0.3, -0.25) is 14.9 Å². The van der Waals surface area contributed by atoms with Crippen LogP contribution >= 0.6 is 0 Å². The van der Waals surface area contributed by atoms with Crippen LogP contribution < -0.4 is 10.1 Å². The molecule has 0 aliphatic heterocycles. The minimum Gasteiger partial charge on any atom is -0.494 e. The number of hydrogen-bond acceptors (Lipinski definition) is 5. The van der Waals surface area contributed by atoms with Crippen LogP contribution in [0, 0.1) is 10.1 Å². The fourth-order valence-electron chi connectivity index (χ4n) is 3.33. The fraction of sp³-hybridized carbons (Fsp3) is 0.0833. The van der Waals surface area contributed by atoms with E-state index in [9.17, 15) is 14.9 Å². The molecule has 4 aromatic rings. The second kappa shape index (κ2) is 8.62. The zero-order valence-electron chi connectivity index (χ0n) is 16.7. The van der Waals surface area contributed by atoms with Gasteiger partial charge in [-0.1, -0.05) is 30.3 Å². The number of carbonyl (C=O) groups is 1. The Bertz CT molecular complexity index is 1270. The van der Waals surface area contributed by atoms with E-state index in [1.807, 2.05) is 49.4 Å². The molecule has 0 atom stereocenters. The highest BCUT2D eigenvalue weighted by Gasteiger charge is 2.18. The molecule has 7 heteroatoms. The van der Waals surface area contributed by atoms with Gasteiger partial charge < -0.3 is 10.1 Å². The first kappa shape index (κ1) is 20.0. The number of rotatable bonds is 6. The Morgan fingerprint density at radius 2 is 1.74 bits per heavy atom. The van der Waals surface area contributed by atoms with Gasteiger partial charge in [-0.25, -0.2) is 4.98 Å². The average molecular weight is 413 g/mol. The highest BCUT2D eigenvalue weighted by atomic mass is 16.6. The molecule has 154 valence electrons. The molecule has 0 spiro atoms. The number of ether oxygens (including phenoxy) is 1. The fourth-order valence-corrected chi connectivity index (χ4v) is 3.33. The minimum absolute atomic E-state index is 0.140. The summed E-state index contributed by atoms with van der Waals surface area (Å²) in [6.07, 6.45) is 0. The standard InChI is InChI=1S/C24H19N3O4/c1-2-31-17-13-11-16(12-14-17)22-15-19(18-7-3-4-8-20(18)25-22)24(28)26-21-9-5-6-10-23(21)27(29)30/h3-15H,2H2,1H3,(H,26,28). The van der Waals surface area contributed by atoms with Crippen molar-refractivity contribution >= 4 is 28.2 Å². The number of amides is 1. The summed E-state index contributed by atoms with van der Waals surface area (Å²) in [4.78, 5) is 28.6. The molecule has 0 unspecified atom stereocenters. The molecule has 3 aromatic carbocycles. The van der Waals surface area contributed by atoms with Crippen LogP contribution in [-0.2, 0) is 0 Å². The second-order valence-corrected chi connectivity index (χ2v) is 6.76. The summed E-state index contributed by atoms with van der Waals surface area (Å²) in [5.41, 5.74) is 2.46. The number of anilines is 1. The zero-order chi connectivity index (χ0) is 21.8. The number of aromatic nitrogens is 1. The van der Waals surface area contributed by atoms with Gasteiger partial charge in [0.15, 0.2) is 0 Å². The molecule has 0 aliphatic rings. The third-order valence-electron chi connectivity index (χ3n) is 4.77. The van der Waals surface area contributed by atoms with Gasteiger partial charge in [0.2, 0.25) is 0 Å². The smallest absolute Gasteiger partial charge is 0.292 e. The average Bonchev–Trinajstić information content (AvgIpc) is 2.79. The van der Waals surface area contributed by atoms with Crippen molar-refractivity contribution in [2.75, 3.05) is 11.9 Å². The molecule has 0 aliphatic carbocycles. The summed E-state index contributed by atoms with van der Waals surface area (Å²) in [6.45, 7) is 2.49. The molecular weight excluding hydrogens is 394 g/mol. The van der Waals surface area contributed by atoms with Crippen molar-refractivity contribution < 1.29 is 14.5 Å². The van der Waals surface area contributed by atoms with Gasteiger partial charge in [-0.05, 0) is 49.4 Å². The van der Waals surface area contributed by atoms with E-state index in [1.165, 1.54) is 12.1 Å². The van der Waals surface area contributed by atoms with Gasteiger partial charge >= 0.3 is 0 Å². The number of nitro groups is 1. The lowest BCUT2D eigenvalue weighted by Gasteiger charge is -2.11. The van der Waals surface area contributed by atoms with Gasteiger partial charge in [0, 0.05) is 17.0 Å². The molecule has 0 bridgehead atoms. The SMILES string of the molecule is CCOc1ccc(-c2cc(C(=O)Nc3ccccc3[N+](=O)[O-])c3ccccc3n2)cc1. The predicted octanol–water partition coefficient (Wildman–Crippen LogP) is 5.46. The van der Waals surface area contributed by atoms with Crippen LogP contribution in [0.5, 0.6) is 5.75 Å². The molecule has 1 amide bonds. The Morgan fingerprint density at radius 3 is 2.48 bits per heavy atom. The van der Waals surface area contributed by atoms with Crippen LogP contribution in [0.3, 0.4) is 0 Å². The zero-order valence-corrected chi connectivity index (χ0v) is 16.7. The van der Waals surface area contributed by atoms with Crippen molar-refractivity contribution in [2.24, 2.45) is 0 Å². The number of pyridine rings is 1. The lowest BCUT2D eigenvalue weighted by atomic mass is 10.0. The summed E-state index contributed by atoms with van der Waals surface area (Å²) in [7, 11) is 0. The molecule has 31 heavy (non-hydrogen) atoms. The number of benzene rings is 3. The summed E-state index contributed by atoms with van der Waals surface area (Å²) in [5, 5.41) is 14.6. The normalized spacial score (nSPS) is 10.6. The molecule has 7 nitrogen and oxygen atoms in total. The van der Waals surface area contributed by atoms with Crippen molar-refractivity contribution in [3.8, 4) is 17.0 Å². The van der Waals surface area contributed by atoms with Crippen molar-refractivity contribution in [1.82, 2.24) is 4.98 Å². The van der Waals surface area contributed by atoms with Crippen molar-refractivity contribution in [3.63, 3.8) is 0 Å². The molecule has 0 fully saturated rings. The maximum atomic E-state index is 13.1. The van der Waals surface area contributed by atoms with E-state index in [4.69, 9.17) is 4.74 Å². The van der Waals surface area contributed by atoms with E-state index >= 15 is 0 Å². The molecule has 1 heterocycles. The van der Waals surface area contributed by atoms with Gasteiger partial charge in [-0.15, -0.1) is 0 Å². The molecule has 1 aromatic heterocycles. The second-order valence-electron chi connectivity index (χ2n) is 6.76. The van der Waals surface area contributed by atoms with Crippen LogP contribution in [0.2, 0.25) is 0 Å². The number of para-hydroxylation sites is 3. The number of nitrogens with one attached hydrogen (secondary N) is 1. The number of carbonyl (C=O) groups excluding carboxylic acids is 1. The van der Waals surface area contributed by atoms with Crippen LogP contribution in [0.1, 0.15) is 17.3 Å². The third kappa shape index (κ3) is 4.20. The first-order chi connectivity index (χ1) is 15.1. The van der Waals surface area contributed by atoms with Crippen molar-refractivity contribution in [2.45, 2.75) is 6.92 Å². The Hall–Kier alpha value is -4.26. The third-order valence-corrected chi connectivity index (χ3v) is 4.77. The summed E-state index contributed by atoms with van der Waals surface area (Å²) in [5.74, 6) is 0.307. The van der Waals surface area contributed by atoms with Crippen LogP contribution in [0.25, 0.3) is 22.2 Å². The van der Waals surface area contributed by atoms with Crippen molar-refractivity contribution in [3.05, 3.63) is 94.5 Å². The molecular formula is C24H19N3O4. The van der Waals surface area contributed by atoms with E-state index < -0.39 is 10.8 Å². The predicted molar refractivity (Wildman–Crippen MR) is 119 cm³/mol. The summed E-state index contributed by atoms with van der Waals surface area (Å²) in [6, 6.07) is 22.5. The van der Waals surface area contributed by atoms with E-state index in [-0.39, 0.29) is 11.4 Å². The van der Waals surface area contributed by atoms with Crippen LogP contribution in [0.15, 0.2) is 78.9 Å². The minimum atomic E-state index is -0.522. The maximum absolute atomic E-state index is 13.1.